The lowest BCUT2D eigenvalue weighted by atomic mass is 9.87. The number of allylic oxidation sites excluding steroid dienone is 1. The molecule has 0 bridgehead atoms. The van der Waals surface area contributed by atoms with Crippen LogP contribution < -0.4 is 0 Å². The molecule has 0 aromatic carbocycles. The molecular formula is C9H16O. The van der Waals surface area contributed by atoms with Gasteiger partial charge in [0.1, 0.15) is 0 Å². The summed E-state index contributed by atoms with van der Waals surface area (Å²) in [5.41, 5.74) is 1.16. The summed E-state index contributed by atoms with van der Waals surface area (Å²) < 4.78 is 0. The van der Waals surface area contributed by atoms with Crippen LogP contribution in [0.1, 0.15) is 33.1 Å². The number of rotatable bonds is 1. The summed E-state index contributed by atoms with van der Waals surface area (Å²) >= 11 is 0. The Bertz CT molecular complexity index is 138. The number of aliphatic hydroxyl groups is 1. The first-order valence-electron chi connectivity index (χ1n) is 4.08. The van der Waals surface area contributed by atoms with Gasteiger partial charge in [-0.05, 0) is 31.3 Å². The maximum absolute atomic E-state index is 9.41. The zero-order valence-electron chi connectivity index (χ0n) is 6.80. The fourth-order valence-corrected chi connectivity index (χ4v) is 1.42. The Morgan fingerprint density at radius 3 is 2.90 bits per heavy atom. The van der Waals surface area contributed by atoms with Crippen molar-refractivity contribution in [1.29, 1.82) is 0 Å². The molecule has 0 amide bonds. The van der Waals surface area contributed by atoms with Crippen molar-refractivity contribution in [1.82, 2.24) is 0 Å². The van der Waals surface area contributed by atoms with Gasteiger partial charge in [0, 0.05) is 0 Å². The van der Waals surface area contributed by atoms with Crippen molar-refractivity contribution in [2.45, 2.75) is 39.2 Å². The van der Waals surface area contributed by atoms with Crippen molar-refractivity contribution >= 4 is 0 Å². The maximum atomic E-state index is 9.41. The number of hydrogen-bond donors (Lipinski definition) is 1. The molecule has 0 saturated carbocycles. The summed E-state index contributed by atoms with van der Waals surface area (Å²) in [5, 5.41) is 9.41. The minimum atomic E-state index is -0.154. The van der Waals surface area contributed by atoms with Gasteiger partial charge in [0.25, 0.3) is 0 Å². The van der Waals surface area contributed by atoms with Crippen LogP contribution in [-0.4, -0.2) is 11.2 Å². The van der Waals surface area contributed by atoms with E-state index < -0.39 is 0 Å². The number of aliphatic hydroxyl groups excluding tert-OH is 1. The fourth-order valence-electron chi connectivity index (χ4n) is 1.42. The molecule has 2 unspecified atom stereocenters. The largest absolute Gasteiger partial charge is 0.389 e. The minimum absolute atomic E-state index is 0.154. The van der Waals surface area contributed by atoms with Gasteiger partial charge in [0.15, 0.2) is 0 Å². The van der Waals surface area contributed by atoms with Crippen LogP contribution in [0.25, 0.3) is 0 Å². The highest BCUT2D eigenvalue weighted by molar-refractivity contribution is 5.08. The third kappa shape index (κ3) is 1.60. The predicted octanol–water partition coefficient (Wildman–Crippen LogP) is 2.11. The molecule has 1 N–H and O–H groups in total. The van der Waals surface area contributed by atoms with Gasteiger partial charge in [0.05, 0.1) is 6.10 Å². The topological polar surface area (TPSA) is 20.2 Å². The van der Waals surface area contributed by atoms with E-state index in [1.807, 2.05) is 6.92 Å². The predicted molar refractivity (Wildman–Crippen MR) is 42.8 cm³/mol. The van der Waals surface area contributed by atoms with Crippen molar-refractivity contribution in [3.05, 3.63) is 11.6 Å². The molecule has 0 aromatic heterocycles. The molecule has 0 aliphatic heterocycles. The molecule has 0 radical (unpaired) electrons. The summed E-state index contributed by atoms with van der Waals surface area (Å²) in [4.78, 5) is 0. The monoisotopic (exact) mass is 140 g/mol. The normalized spacial score (nSPS) is 33.7. The molecule has 0 fully saturated rings. The van der Waals surface area contributed by atoms with E-state index in [0.29, 0.717) is 0 Å². The molecule has 0 heterocycles. The van der Waals surface area contributed by atoms with Crippen LogP contribution >= 0.6 is 0 Å². The molecule has 58 valence electrons. The molecule has 2 atom stereocenters. The van der Waals surface area contributed by atoms with Crippen LogP contribution in [0.3, 0.4) is 0 Å². The molecule has 1 nitrogen and oxygen atoms in total. The van der Waals surface area contributed by atoms with Gasteiger partial charge in [-0.3, -0.25) is 0 Å². The second kappa shape index (κ2) is 3.20. The lowest BCUT2D eigenvalue weighted by molar-refractivity contribution is 0.164. The third-order valence-electron chi connectivity index (χ3n) is 2.43. The van der Waals surface area contributed by atoms with Crippen molar-refractivity contribution < 1.29 is 5.11 Å². The Kier molecular flexibility index (Phi) is 2.50. The second-order valence-electron chi connectivity index (χ2n) is 3.21. The van der Waals surface area contributed by atoms with E-state index in [-0.39, 0.29) is 6.10 Å². The van der Waals surface area contributed by atoms with Crippen LogP contribution in [0.4, 0.5) is 0 Å². The summed E-state index contributed by atoms with van der Waals surface area (Å²) in [7, 11) is 0. The van der Waals surface area contributed by atoms with Gasteiger partial charge in [-0.1, -0.05) is 19.4 Å². The molecule has 10 heavy (non-hydrogen) atoms. The van der Waals surface area contributed by atoms with E-state index in [1.54, 1.807) is 0 Å². The fraction of sp³-hybridized carbons (Fsp3) is 0.778. The first-order chi connectivity index (χ1) is 4.74. The highest BCUT2D eigenvalue weighted by atomic mass is 16.3. The van der Waals surface area contributed by atoms with Crippen LogP contribution in [0, 0.1) is 5.92 Å². The Labute approximate surface area is 62.8 Å². The first kappa shape index (κ1) is 7.80. The van der Waals surface area contributed by atoms with E-state index in [1.165, 1.54) is 12.8 Å². The van der Waals surface area contributed by atoms with Crippen molar-refractivity contribution in [2.24, 2.45) is 5.92 Å². The van der Waals surface area contributed by atoms with Gasteiger partial charge in [0.2, 0.25) is 0 Å². The van der Waals surface area contributed by atoms with E-state index in [9.17, 15) is 5.11 Å². The van der Waals surface area contributed by atoms with Gasteiger partial charge in [-0.25, -0.2) is 0 Å². The van der Waals surface area contributed by atoms with Gasteiger partial charge in [-0.15, -0.1) is 0 Å². The SMILES string of the molecule is CCC1CC=C(C)C(O)C1. The average Bonchev–Trinajstić information content (AvgIpc) is 1.95. The molecule has 0 saturated heterocycles. The molecule has 0 aromatic rings. The van der Waals surface area contributed by atoms with Gasteiger partial charge >= 0.3 is 0 Å². The lowest BCUT2D eigenvalue weighted by Crippen LogP contribution is -2.18. The molecule has 1 rings (SSSR count). The van der Waals surface area contributed by atoms with Crippen LogP contribution in [0.2, 0.25) is 0 Å². The minimum Gasteiger partial charge on any atom is -0.389 e. The Morgan fingerprint density at radius 2 is 2.40 bits per heavy atom. The molecule has 1 aliphatic carbocycles. The highest BCUT2D eigenvalue weighted by Gasteiger charge is 2.17. The Morgan fingerprint density at radius 1 is 1.70 bits per heavy atom. The van der Waals surface area contributed by atoms with Crippen LogP contribution in [-0.2, 0) is 0 Å². The number of hydrogen-bond acceptors (Lipinski definition) is 1. The van der Waals surface area contributed by atoms with E-state index in [0.717, 1.165) is 17.9 Å². The molecular weight excluding hydrogens is 124 g/mol. The lowest BCUT2D eigenvalue weighted by Gasteiger charge is -2.23. The smallest absolute Gasteiger partial charge is 0.0750 e. The summed E-state index contributed by atoms with van der Waals surface area (Å²) in [6.07, 6.45) is 5.35. The van der Waals surface area contributed by atoms with Crippen molar-refractivity contribution in [3.63, 3.8) is 0 Å². The zero-order valence-corrected chi connectivity index (χ0v) is 6.80. The average molecular weight is 140 g/mol. The maximum Gasteiger partial charge on any atom is 0.0750 e. The summed E-state index contributed by atoms with van der Waals surface area (Å²) in [5.74, 6) is 0.721. The van der Waals surface area contributed by atoms with Crippen LogP contribution in [0.5, 0.6) is 0 Å². The van der Waals surface area contributed by atoms with E-state index in [4.69, 9.17) is 0 Å². The summed E-state index contributed by atoms with van der Waals surface area (Å²) in [6, 6.07) is 0. The molecule has 0 spiro atoms. The van der Waals surface area contributed by atoms with Gasteiger partial charge < -0.3 is 5.11 Å². The Hall–Kier alpha value is -0.300. The van der Waals surface area contributed by atoms with E-state index >= 15 is 0 Å². The third-order valence-corrected chi connectivity index (χ3v) is 2.43. The molecule has 1 aliphatic rings. The van der Waals surface area contributed by atoms with Crippen molar-refractivity contribution in [2.75, 3.05) is 0 Å². The second-order valence-corrected chi connectivity index (χ2v) is 3.21. The van der Waals surface area contributed by atoms with Crippen LogP contribution in [0.15, 0.2) is 11.6 Å². The Balaban J connectivity index is 2.51. The zero-order chi connectivity index (χ0) is 7.56. The van der Waals surface area contributed by atoms with Crippen molar-refractivity contribution in [3.8, 4) is 0 Å². The van der Waals surface area contributed by atoms with E-state index in [2.05, 4.69) is 13.0 Å². The standard InChI is InChI=1S/C9H16O/c1-3-8-5-4-7(2)9(10)6-8/h4,8-10H,3,5-6H2,1-2H3. The quantitative estimate of drug-likeness (QED) is 0.553. The molecule has 1 heteroatoms. The first-order valence-corrected chi connectivity index (χ1v) is 4.08. The van der Waals surface area contributed by atoms with Gasteiger partial charge in [-0.2, -0.15) is 0 Å². The highest BCUT2D eigenvalue weighted by Crippen LogP contribution is 2.25. The summed E-state index contributed by atoms with van der Waals surface area (Å²) in [6.45, 7) is 4.20.